The first-order chi connectivity index (χ1) is 9.20. The zero-order valence-corrected chi connectivity index (χ0v) is 11.8. The highest BCUT2D eigenvalue weighted by atomic mass is 19.1. The molecule has 0 aliphatic carbocycles. The molecule has 1 aromatic carbocycles. The second kappa shape index (κ2) is 6.87. The van der Waals surface area contributed by atoms with Gasteiger partial charge in [0.1, 0.15) is 5.82 Å². The summed E-state index contributed by atoms with van der Waals surface area (Å²) in [6.07, 6.45) is 1.31. The van der Waals surface area contributed by atoms with Gasteiger partial charge in [0.25, 0.3) is 0 Å². The maximum atomic E-state index is 13.4. The van der Waals surface area contributed by atoms with Crippen LogP contribution in [0.3, 0.4) is 0 Å². The van der Waals surface area contributed by atoms with Gasteiger partial charge in [-0.05, 0) is 43.7 Å². The highest BCUT2D eigenvalue weighted by Gasteiger charge is 2.19. The number of halogens is 1. The van der Waals surface area contributed by atoms with Crippen LogP contribution in [0.2, 0.25) is 0 Å². The first-order valence-corrected chi connectivity index (χ1v) is 7.06. The first kappa shape index (κ1) is 14.3. The molecule has 1 aromatic rings. The van der Waals surface area contributed by atoms with Crippen molar-refractivity contribution in [3.63, 3.8) is 0 Å². The fourth-order valence-electron chi connectivity index (χ4n) is 2.44. The largest absolute Gasteiger partial charge is 0.375 e. The summed E-state index contributed by atoms with van der Waals surface area (Å²) in [5, 5.41) is 3.34. The van der Waals surface area contributed by atoms with Gasteiger partial charge in [0, 0.05) is 25.3 Å². The SMILES string of the molecule is CCCNCc1cc(F)ccc1N1CCOC(C)C1. The average molecular weight is 266 g/mol. The Hall–Kier alpha value is -1.13. The van der Waals surface area contributed by atoms with Crippen LogP contribution in [-0.2, 0) is 11.3 Å². The minimum atomic E-state index is -0.168. The number of morpholine rings is 1. The number of hydrogen-bond acceptors (Lipinski definition) is 3. The molecule has 1 aliphatic heterocycles. The van der Waals surface area contributed by atoms with Crippen LogP contribution in [0, 0.1) is 5.82 Å². The highest BCUT2D eigenvalue weighted by molar-refractivity contribution is 5.54. The lowest BCUT2D eigenvalue weighted by molar-refractivity contribution is 0.0531. The summed E-state index contributed by atoms with van der Waals surface area (Å²) in [5.74, 6) is -0.168. The van der Waals surface area contributed by atoms with Gasteiger partial charge in [-0.25, -0.2) is 4.39 Å². The van der Waals surface area contributed by atoms with Crippen LogP contribution >= 0.6 is 0 Å². The maximum absolute atomic E-state index is 13.4. The number of rotatable bonds is 5. The predicted molar refractivity (Wildman–Crippen MR) is 76.0 cm³/mol. The summed E-state index contributed by atoms with van der Waals surface area (Å²) in [6, 6.07) is 5.06. The molecule has 19 heavy (non-hydrogen) atoms. The lowest BCUT2D eigenvalue weighted by Crippen LogP contribution is -2.41. The number of ether oxygens (including phenoxy) is 1. The highest BCUT2D eigenvalue weighted by Crippen LogP contribution is 2.24. The van der Waals surface area contributed by atoms with Crippen molar-refractivity contribution in [3.8, 4) is 0 Å². The summed E-state index contributed by atoms with van der Waals surface area (Å²) in [5.41, 5.74) is 2.16. The number of hydrogen-bond donors (Lipinski definition) is 1. The van der Waals surface area contributed by atoms with E-state index in [4.69, 9.17) is 4.74 Å². The smallest absolute Gasteiger partial charge is 0.123 e. The molecule has 2 rings (SSSR count). The van der Waals surface area contributed by atoms with E-state index in [2.05, 4.69) is 24.1 Å². The van der Waals surface area contributed by atoms with Crippen LogP contribution in [0.1, 0.15) is 25.8 Å². The maximum Gasteiger partial charge on any atom is 0.123 e. The van der Waals surface area contributed by atoms with Crippen molar-refractivity contribution in [2.75, 3.05) is 31.1 Å². The molecule has 0 radical (unpaired) electrons. The summed E-state index contributed by atoms with van der Waals surface area (Å²) in [6.45, 7) is 8.35. The molecule has 1 fully saturated rings. The van der Waals surface area contributed by atoms with E-state index < -0.39 is 0 Å². The van der Waals surface area contributed by atoms with Crippen LogP contribution in [0.15, 0.2) is 18.2 Å². The quantitative estimate of drug-likeness (QED) is 0.829. The Kier molecular flexibility index (Phi) is 5.16. The molecule has 1 heterocycles. The van der Waals surface area contributed by atoms with E-state index >= 15 is 0 Å². The number of anilines is 1. The van der Waals surface area contributed by atoms with E-state index in [9.17, 15) is 4.39 Å². The number of nitrogens with one attached hydrogen (secondary N) is 1. The molecule has 4 heteroatoms. The molecule has 0 saturated carbocycles. The Morgan fingerprint density at radius 1 is 1.47 bits per heavy atom. The van der Waals surface area contributed by atoms with E-state index in [1.165, 1.54) is 0 Å². The minimum Gasteiger partial charge on any atom is -0.375 e. The van der Waals surface area contributed by atoms with Crippen molar-refractivity contribution in [1.29, 1.82) is 0 Å². The molecule has 106 valence electrons. The normalized spacial score (nSPS) is 19.7. The summed E-state index contributed by atoms with van der Waals surface area (Å²) < 4.78 is 19.0. The molecule has 0 spiro atoms. The molecule has 1 aliphatic rings. The Balaban J connectivity index is 2.13. The summed E-state index contributed by atoms with van der Waals surface area (Å²) in [7, 11) is 0. The van der Waals surface area contributed by atoms with Crippen LogP contribution in [-0.4, -0.2) is 32.3 Å². The summed E-state index contributed by atoms with van der Waals surface area (Å²) in [4.78, 5) is 2.29. The van der Waals surface area contributed by atoms with Gasteiger partial charge in [-0.15, -0.1) is 0 Å². The monoisotopic (exact) mass is 266 g/mol. The van der Waals surface area contributed by atoms with Gasteiger partial charge < -0.3 is 15.0 Å². The van der Waals surface area contributed by atoms with E-state index in [0.717, 1.165) is 43.9 Å². The van der Waals surface area contributed by atoms with Gasteiger partial charge in [0.15, 0.2) is 0 Å². The molecule has 1 saturated heterocycles. The van der Waals surface area contributed by atoms with E-state index in [1.54, 1.807) is 12.1 Å². The average Bonchev–Trinajstić information content (AvgIpc) is 2.39. The van der Waals surface area contributed by atoms with Crippen LogP contribution in [0.5, 0.6) is 0 Å². The molecular weight excluding hydrogens is 243 g/mol. The van der Waals surface area contributed by atoms with Crippen molar-refractivity contribution in [2.45, 2.75) is 32.9 Å². The number of benzene rings is 1. The fraction of sp³-hybridized carbons (Fsp3) is 0.600. The molecule has 0 amide bonds. The third-order valence-electron chi connectivity index (χ3n) is 3.37. The van der Waals surface area contributed by atoms with E-state index in [1.807, 2.05) is 6.07 Å². The zero-order chi connectivity index (χ0) is 13.7. The second-order valence-corrected chi connectivity index (χ2v) is 5.08. The molecule has 1 N–H and O–H groups in total. The minimum absolute atomic E-state index is 0.168. The van der Waals surface area contributed by atoms with Gasteiger partial charge in [-0.3, -0.25) is 0 Å². The Labute approximate surface area is 114 Å². The predicted octanol–water partition coefficient (Wildman–Crippen LogP) is 2.55. The van der Waals surface area contributed by atoms with Gasteiger partial charge >= 0.3 is 0 Å². The zero-order valence-electron chi connectivity index (χ0n) is 11.8. The van der Waals surface area contributed by atoms with E-state index in [-0.39, 0.29) is 11.9 Å². The molecule has 1 unspecified atom stereocenters. The second-order valence-electron chi connectivity index (χ2n) is 5.08. The van der Waals surface area contributed by atoms with Gasteiger partial charge in [-0.2, -0.15) is 0 Å². The summed E-state index contributed by atoms with van der Waals surface area (Å²) >= 11 is 0. The Bertz CT molecular complexity index is 411. The van der Waals surface area contributed by atoms with Gasteiger partial charge in [0.2, 0.25) is 0 Å². The van der Waals surface area contributed by atoms with Crippen LogP contribution < -0.4 is 10.2 Å². The third kappa shape index (κ3) is 3.91. The van der Waals surface area contributed by atoms with Gasteiger partial charge in [0.05, 0.1) is 12.7 Å². The van der Waals surface area contributed by atoms with E-state index in [0.29, 0.717) is 6.54 Å². The Morgan fingerprint density at radius 3 is 3.05 bits per heavy atom. The standard InChI is InChI=1S/C15H23FN2O/c1-3-6-17-10-13-9-14(16)4-5-15(13)18-7-8-19-12(2)11-18/h4-5,9,12,17H,3,6-8,10-11H2,1-2H3. The molecular formula is C15H23FN2O. The first-order valence-electron chi connectivity index (χ1n) is 7.06. The molecule has 0 aromatic heterocycles. The molecule has 3 nitrogen and oxygen atoms in total. The Morgan fingerprint density at radius 2 is 2.32 bits per heavy atom. The van der Waals surface area contributed by atoms with Crippen molar-refractivity contribution in [2.24, 2.45) is 0 Å². The van der Waals surface area contributed by atoms with Crippen molar-refractivity contribution >= 4 is 5.69 Å². The lowest BCUT2D eigenvalue weighted by atomic mass is 10.1. The number of nitrogens with zero attached hydrogens (tertiary/aromatic N) is 1. The van der Waals surface area contributed by atoms with Crippen molar-refractivity contribution in [3.05, 3.63) is 29.6 Å². The topological polar surface area (TPSA) is 24.5 Å². The lowest BCUT2D eigenvalue weighted by Gasteiger charge is -2.34. The van der Waals surface area contributed by atoms with Crippen LogP contribution in [0.4, 0.5) is 10.1 Å². The van der Waals surface area contributed by atoms with Crippen molar-refractivity contribution < 1.29 is 9.13 Å². The molecule has 0 bridgehead atoms. The third-order valence-corrected chi connectivity index (χ3v) is 3.37. The van der Waals surface area contributed by atoms with Gasteiger partial charge in [-0.1, -0.05) is 6.92 Å². The molecule has 1 atom stereocenters. The van der Waals surface area contributed by atoms with Crippen LogP contribution in [0.25, 0.3) is 0 Å². The fourth-order valence-corrected chi connectivity index (χ4v) is 2.44. The van der Waals surface area contributed by atoms with Crippen molar-refractivity contribution in [1.82, 2.24) is 5.32 Å².